The Morgan fingerprint density at radius 2 is 1.54 bits per heavy atom. The van der Waals surface area contributed by atoms with Crippen molar-refractivity contribution < 1.29 is 82.2 Å². The number of hydrogen-bond acceptors (Lipinski definition) is 20. The van der Waals surface area contributed by atoms with Crippen LogP contribution in [-0.4, -0.2) is 199 Å². The van der Waals surface area contributed by atoms with Gasteiger partial charge in [0.05, 0.1) is 77.9 Å². The molecule has 0 unspecified atom stereocenters. The number of aromatic nitrogens is 1. The zero-order valence-corrected chi connectivity index (χ0v) is 50.5. The zero-order chi connectivity index (χ0) is 60.1. The maximum Gasteiger partial charge on any atom is 0.341 e. The van der Waals surface area contributed by atoms with Gasteiger partial charge in [-0.1, -0.05) is 39.3 Å². The van der Waals surface area contributed by atoms with E-state index in [-0.39, 0.29) is 73.8 Å². The number of aromatic carboxylic acids is 1. The van der Waals surface area contributed by atoms with E-state index in [1.165, 1.54) is 34.3 Å². The molecule has 22 nitrogen and oxygen atoms in total. The number of nitrogens with zero attached hydrogens (tertiary/aromatic N) is 2. The lowest BCUT2D eigenvalue weighted by Crippen LogP contribution is -2.61. The lowest BCUT2D eigenvalue weighted by atomic mass is 9.74. The largest absolute Gasteiger partial charge is 0.477 e. The van der Waals surface area contributed by atoms with Crippen LogP contribution in [0.4, 0.5) is 5.69 Å². The second kappa shape index (κ2) is 27.9. The Kier molecular flexibility index (Phi) is 22.8. The fourth-order valence-corrected chi connectivity index (χ4v) is 12.4. The highest BCUT2D eigenvalue weighted by Crippen LogP contribution is 2.43. The number of benzene rings is 1. The topological polar surface area (TPSA) is 282 Å². The van der Waals surface area contributed by atoms with Crippen molar-refractivity contribution in [3.05, 3.63) is 39.1 Å². The minimum absolute atomic E-state index is 0.00907. The Labute approximate surface area is 481 Å². The third kappa shape index (κ3) is 15.3. The molecule has 0 bridgehead atoms. The lowest BCUT2D eigenvalue weighted by Gasteiger charge is -2.50. The highest BCUT2D eigenvalue weighted by atomic mass is 35.5. The van der Waals surface area contributed by atoms with E-state index in [1.807, 2.05) is 37.4 Å². The summed E-state index contributed by atoms with van der Waals surface area (Å²) in [4.78, 5) is 69.1. The number of cyclic esters (lactones) is 1. The van der Waals surface area contributed by atoms with Gasteiger partial charge in [-0.05, 0) is 99.9 Å². The number of carboxylic acid groups (broad SMARTS) is 1. The molecule has 23 heteroatoms. The first-order chi connectivity index (χ1) is 38.0. The van der Waals surface area contributed by atoms with Crippen LogP contribution in [0.2, 0.25) is 5.02 Å². The molecule has 2 aromatic rings. The summed E-state index contributed by atoms with van der Waals surface area (Å²) in [7, 11) is 6.71. The fraction of sp³-hybridized carbons (Fsp3) is 0.776. The van der Waals surface area contributed by atoms with Crippen LogP contribution in [-0.2, 0) is 57.0 Å². The number of ketones is 1. The molecule has 0 amide bonds. The quantitative estimate of drug-likeness (QED) is 0.0700. The molecule has 1 aromatic carbocycles. The second-order valence-electron chi connectivity index (χ2n) is 23.8. The average Bonchev–Trinajstić information content (AvgIpc) is 4.41. The molecule has 4 fully saturated rings. The normalized spacial score (nSPS) is 36.5. The second-order valence-corrected chi connectivity index (χ2v) is 24.2. The number of fused-ring (bicyclic) bond motifs is 1. The van der Waals surface area contributed by atoms with E-state index in [2.05, 4.69) is 10.6 Å². The van der Waals surface area contributed by atoms with Gasteiger partial charge in [0.15, 0.2) is 18.7 Å². The number of carbonyl (C=O) groups excluding carboxylic acids is 3. The predicted octanol–water partition coefficient (Wildman–Crippen LogP) is 5.10. The van der Waals surface area contributed by atoms with E-state index in [0.717, 1.165) is 12.8 Å². The minimum Gasteiger partial charge on any atom is -0.477 e. The lowest BCUT2D eigenvalue weighted by molar-refractivity contribution is -0.320. The molecule has 1 saturated carbocycles. The molecular formula is C58H91ClN4O18. The van der Waals surface area contributed by atoms with Gasteiger partial charge in [0, 0.05) is 81.7 Å². The Morgan fingerprint density at radius 3 is 2.16 bits per heavy atom. The Morgan fingerprint density at radius 1 is 0.889 bits per heavy atom. The number of Topliss-reactive ketones (excluding diaryl/α,β-unsaturated/α-hetero) is 1. The van der Waals surface area contributed by atoms with Gasteiger partial charge in [-0.3, -0.25) is 19.2 Å². The summed E-state index contributed by atoms with van der Waals surface area (Å²) in [6, 6.07) is 3.05. The minimum atomic E-state index is -2.03. The highest BCUT2D eigenvalue weighted by Gasteiger charge is 2.55. The molecule has 1 aliphatic carbocycles. The van der Waals surface area contributed by atoms with Crippen molar-refractivity contribution in [3.63, 3.8) is 0 Å². The average molecular weight is 1170 g/mol. The summed E-state index contributed by atoms with van der Waals surface area (Å²) >= 11 is 6.59. The third-order valence-corrected chi connectivity index (χ3v) is 17.6. The first kappa shape index (κ1) is 66.3. The number of anilines is 1. The number of aliphatic hydroxyl groups excluding tert-OH is 2. The Balaban J connectivity index is 1.11. The molecule has 1 aromatic heterocycles. The number of halogens is 1. The van der Waals surface area contributed by atoms with Gasteiger partial charge in [0.25, 0.3) is 0 Å². The van der Waals surface area contributed by atoms with Gasteiger partial charge in [-0.15, -0.1) is 0 Å². The Bertz CT molecular complexity index is 2550. The van der Waals surface area contributed by atoms with E-state index in [1.54, 1.807) is 53.7 Å². The standard InChI is InChI=1S/C58H91ClN4O18/c1-15-43-58(10,72)50(68)32(4)46(65)30(2)27-56(8,73-13)51(81-55-48(67)42(62(11)12)24-31(3)76-55)33(5)49(34(6)54(71)78-43)80-45-28-57(9,74-14)52(35(7)77-45)79-44(64)18-19-60-20-22-75-23-21-61-40-25-37-41(26-39(40)59)63(36-16-17-36)29-38(47(37)66)53(69)70/h25-26,29-36,42-43,45,48-52,55,60-61,67-68,72H,15-24,27-28H2,1-14H3,(H,69,70)/t30-,31+,32+,33+,34-,35+,42-,43-,45+,48+,49+,50-,51-,52+,55-,56-,57-,58-/m1/s1. The van der Waals surface area contributed by atoms with Crippen LogP contribution in [0.3, 0.4) is 0 Å². The summed E-state index contributed by atoms with van der Waals surface area (Å²) in [5.41, 5.74) is -4.33. The summed E-state index contributed by atoms with van der Waals surface area (Å²) < 4.78 is 58.9. The molecule has 81 heavy (non-hydrogen) atoms. The highest BCUT2D eigenvalue weighted by molar-refractivity contribution is 6.34. The maximum atomic E-state index is 14.6. The number of carboxylic acids is 1. The molecule has 18 atom stereocenters. The molecule has 0 radical (unpaired) electrons. The number of hydrogen-bond donors (Lipinski definition) is 6. The number of ether oxygens (including phenoxy) is 9. The molecule has 3 saturated heterocycles. The smallest absolute Gasteiger partial charge is 0.341 e. The van der Waals surface area contributed by atoms with E-state index in [0.29, 0.717) is 42.3 Å². The van der Waals surface area contributed by atoms with Crippen LogP contribution in [0.5, 0.6) is 0 Å². The maximum absolute atomic E-state index is 14.6. The van der Waals surface area contributed by atoms with Crippen LogP contribution in [0.15, 0.2) is 23.1 Å². The Hall–Kier alpha value is -3.88. The van der Waals surface area contributed by atoms with Crippen molar-refractivity contribution in [2.24, 2.45) is 23.7 Å². The molecule has 458 valence electrons. The van der Waals surface area contributed by atoms with Crippen molar-refractivity contribution in [3.8, 4) is 0 Å². The van der Waals surface area contributed by atoms with Crippen LogP contribution in [0.1, 0.15) is 131 Å². The van der Waals surface area contributed by atoms with Crippen molar-refractivity contribution in [1.29, 1.82) is 0 Å². The van der Waals surface area contributed by atoms with E-state index in [9.17, 15) is 44.4 Å². The predicted molar refractivity (Wildman–Crippen MR) is 300 cm³/mol. The monoisotopic (exact) mass is 1170 g/mol. The van der Waals surface area contributed by atoms with E-state index in [4.69, 9.17) is 54.2 Å². The van der Waals surface area contributed by atoms with Gasteiger partial charge in [-0.25, -0.2) is 4.79 Å². The first-order valence-electron chi connectivity index (χ1n) is 28.6. The number of pyridine rings is 1. The molecule has 6 N–H and O–H groups in total. The van der Waals surface area contributed by atoms with Crippen molar-refractivity contribution >= 4 is 51.9 Å². The van der Waals surface area contributed by atoms with E-state index < -0.39 is 119 Å². The van der Waals surface area contributed by atoms with Crippen molar-refractivity contribution in [2.45, 2.75) is 204 Å². The van der Waals surface area contributed by atoms with E-state index >= 15 is 0 Å². The van der Waals surface area contributed by atoms with Gasteiger partial charge in [0.1, 0.15) is 34.8 Å². The number of methoxy groups -OCH3 is 2. The van der Waals surface area contributed by atoms with Crippen LogP contribution < -0.4 is 16.1 Å². The van der Waals surface area contributed by atoms with Crippen molar-refractivity contribution in [2.75, 3.05) is 66.5 Å². The summed E-state index contributed by atoms with van der Waals surface area (Å²) in [6.07, 6.45) is -6.48. The SMILES string of the molecule is CC[C@H]1OC(=O)[C@H](C)[C@@H](O[C@H]2C[C@@](C)(OC)[C@@H](OC(=O)CCNCCOCCNc3cc4c(=O)c(C(=O)O)cn(C5CC5)c4cc3Cl)[C@H](C)O2)[C@H](C)[C@@H](O[C@H]2O[C@@H](C)C[C@@H](N(C)C)[C@@H]2O)[C@](C)(OC)C[C@@H](C)C(=O)[C@H](C)[C@@H](O)[C@]1(C)O. The van der Waals surface area contributed by atoms with Crippen LogP contribution in [0.25, 0.3) is 10.9 Å². The number of esters is 2. The zero-order valence-electron chi connectivity index (χ0n) is 49.7. The van der Waals surface area contributed by atoms with Gasteiger partial charge in [-0.2, -0.15) is 0 Å². The van der Waals surface area contributed by atoms with Crippen LogP contribution >= 0.6 is 11.6 Å². The third-order valence-electron chi connectivity index (χ3n) is 17.3. The van der Waals surface area contributed by atoms with Gasteiger partial charge < -0.3 is 83.2 Å². The number of likely N-dealkylation sites (N-methyl/N-ethyl adjacent to an activating group) is 1. The molecule has 0 spiro atoms. The van der Waals surface area contributed by atoms with Gasteiger partial charge >= 0.3 is 17.9 Å². The number of nitrogens with one attached hydrogen (secondary N) is 2. The number of carbonyl (C=O) groups is 4. The van der Waals surface area contributed by atoms with Crippen LogP contribution in [0, 0.1) is 23.7 Å². The van der Waals surface area contributed by atoms with Crippen molar-refractivity contribution in [1.82, 2.24) is 14.8 Å². The summed E-state index contributed by atoms with van der Waals surface area (Å²) in [5, 5.41) is 52.0. The number of rotatable bonds is 21. The molecule has 4 aliphatic rings. The molecule has 4 heterocycles. The summed E-state index contributed by atoms with van der Waals surface area (Å²) in [5.74, 6) is -6.66. The van der Waals surface area contributed by atoms with Gasteiger partial charge in [0.2, 0.25) is 5.43 Å². The first-order valence-corrected chi connectivity index (χ1v) is 29.0. The fourth-order valence-electron chi connectivity index (χ4n) is 12.1. The molecular weight excluding hydrogens is 1080 g/mol. The molecule has 6 rings (SSSR count). The summed E-state index contributed by atoms with van der Waals surface area (Å²) in [6.45, 7) is 18.6. The molecule has 3 aliphatic heterocycles. The number of aliphatic hydroxyl groups is 3.